The van der Waals surface area contributed by atoms with E-state index in [0.29, 0.717) is 18.0 Å². The number of hydrogen-bond acceptors (Lipinski definition) is 2. The Bertz CT molecular complexity index is 650. The average Bonchev–Trinajstić information content (AvgIpc) is 2.73. The fourth-order valence-electron chi connectivity index (χ4n) is 3.54. The third-order valence-electron chi connectivity index (χ3n) is 4.61. The molecular formula is C16H21F2N3. The maximum Gasteiger partial charge on any atom is 0.201 e. The minimum absolute atomic E-state index is 0.158. The van der Waals surface area contributed by atoms with E-state index in [2.05, 4.69) is 11.9 Å². The van der Waals surface area contributed by atoms with Crippen LogP contribution in [0.1, 0.15) is 39.0 Å². The molecule has 1 fully saturated rings. The van der Waals surface area contributed by atoms with Gasteiger partial charge in [0.2, 0.25) is 5.95 Å². The van der Waals surface area contributed by atoms with E-state index >= 15 is 0 Å². The number of imidazole rings is 1. The zero-order chi connectivity index (χ0) is 15.0. The molecule has 1 aliphatic carbocycles. The standard InChI is InChI=1S/C16H21F2N3/c1-10-3-2-4-11(7-10)5-6-21-14-9-12(17)8-13(18)15(14)20-16(21)19/h8-11H,2-7H2,1H3,(H2,19,20). The van der Waals surface area contributed by atoms with Crippen molar-refractivity contribution in [2.24, 2.45) is 11.8 Å². The van der Waals surface area contributed by atoms with Crippen LogP contribution in [0.2, 0.25) is 0 Å². The normalized spacial score (nSPS) is 22.8. The Morgan fingerprint density at radius 1 is 1.33 bits per heavy atom. The van der Waals surface area contributed by atoms with Crippen LogP contribution < -0.4 is 5.73 Å². The summed E-state index contributed by atoms with van der Waals surface area (Å²) in [5, 5.41) is 0. The van der Waals surface area contributed by atoms with Crippen molar-refractivity contribution in [3.63, 3.8) is 0 Å². The molecule has 1 heterocycles. The Balaban J connectivity index is 1.82. The van der Waals surface area contributed by atoms with Crippen LogP contribution in [0.15, 0.2) is 12.1 Å². The lowest BCUT2D eigenvalue weighted by Crippen LogP contribution is -2.16. The number of aromatic nitrogens is 2. The second kappa shape index (κ2) is 5.62. The quantitative estimate of drug-likeness (QED) is 0.925. The number of rotatable bonds is 3. The van der Waals surface area contributed by atoms with Crippen LogP contribution in [0.5, 0.6) is 0 Å². The van der Waals surface area contributed by atoms with Gasteiger partial charge in [0.05, 0.1) is 5.52 Å². The van der Waals surface area contributed by atoms with Crippen LogP contribution in [0.25, 0.3) is 11.0 Å². The molecule has 5 heteroatoms. The minimum Gasteiger partial charge on any atom is -0.369 e. The maximum atomic E-state index is 13.7. The second-order valence-corrected chi connectivity index (χ2v) is 6.30. The lowest BCUT2D eigenvalue weighted by molar-refractivity contribution is 0.262. The Morgan fingerprint density at radius 3 is 2.90 bits per heavy atom. The van der Waals surface area contributed by atoms with Crippen molar-refractivity contribution in [2.45, 2.75) is 45.6 Å². The van der Waals surface area contributed by atoms with Crippen LogP contribution in [0.4, 0.5) is 14.7 Å². The summed E-state index contributed by atoms with van der Waals surface area (Å²) in [6.07, 6.45) is 6.03. The second-order valence-electron chi connectivity index (χ2n) is 6.30. The third kappa shape index (κ3) is 2.87. The molecule has 0 radical (unpaired) electrons. The van der Waals surface area contributed by atoms with Gasteiger partial charge in [0.25, 0.3) is 0 Å². The number of benzene rings is 1. The van der Waals surface area contributed by atoms with E-state index in [1.807, 2.05) is 0 Å². The maximum absolute atomic E-state index is 13.7. The van der Waals surface area contributed by atoms with Gasteiger partial charge in [-0.15, -0.1) is 0 Å². The highest BCUT2D eigenvalue weighted by molar-refractivity contribution is 5.79. The van der Waals surface area contributed by atoms with Crippen LogP contribution in [0.3, 0.4) is 0 Å². The number of anilines is 1. The SMILES string of the molecule is CC1CCCC(CCn2c(N)nc3c(F)cc(F)cc32)C1. The molecule has 1 aromatic heterocycles. The van der Waals surface area contributed by atoms with E-state index in [9.17, 15) is 8.78 Å². The van der Waals surface area contributed by atoms with Gasteiger partial charge in [-0.05, 0) is 24.7 Å². The summed E-state index contributed by atoms with van der Waals surface area (Å²) in [4.78, 5) is 4.03. The van der Waals surface area contributed by atoms with E-state index in [1.54, 1.807) is 4.57 Å². The van der Waals surface area contributed by atoms with Crippen LogP contribution in [0, 0.1) is 23.5 Å². The van der Waals surface area contributed by atoms with Crippen molar-refractivity contribution >= 4 is 17.0 Å². The molecule has 3 nitrogen and oxygen atoms in total. The Labute approximate surface area is 123 Å². The number of aryl methyl sites for hydroxylation is 1. The fourth-order valence-corrected chi connectivity index (χ4v) is 3.54. The first-order valence-electron chi connectivity index (χ1n) is 7.65. The van der Waals surface area contributed by atoms with Crippen molar-refractivity contribution in [1.82, 2.24) is 9.55 Å². The summed E-state index contributed by atoms with van der Waals surface area (Å²) >= 11 is 0. The highest BCUT2D eigenvalue weighted by Gasteiger charge is 2.20. The Hall–Kier alpha value is -1.65. The van der Waals surface area contributed by atoms with Crippen molar-refractivity contribution in [3.05, 3.63) is 23.8 Å². The monoisotopic (exact) mass is 293 g/mol. The first-order valence-corrected chi connectivity index (χ1v) is 7.65. The van der Waals surface area contributed by atoms with Gasteiger partial charge >= 0.3 is 0 Å². The lowest BCUT2D eigenvalue weighted by atomic mass is 9.81. The van der Waals surface area contributed by atoms with Gasteiger partial charge in [-0.2, -0.15) is 0 Å². The number of nitrogens with two attached hydrogens (primary N) is 1. The fraction of sp³-hybridized carbons (Fsp3) is 0.562. The summed E-state index contributed by atoms with van der Waals surface area (Å²) in [5.41, 5.74) is 6.49. The number of nitrogen functional groups attached to an aromatic ring is 1. The van der Waals surface area contributed by atoms with Crippen molar-refractivity contribution < 1.29 is 8.78 Å². The molecule has 0 bridgehead atoms. The van der Waals surface area contributed by atoms with Crippen molar-refractivity contribution in [2.75, 3.05) is 5.73 Å². The van der Waals surface area contributed by atoms with Crippen LogP contribution in [-0.4, -0.2) is 9.55 Å². The van der Waals surface area contributed by atoms with Gasteiger partial charge < -0.3 is 10.3 Å². The van der Waals surface area contributed by atoms with Gasteiger partial charge in [-0.25, -0.2) is 13.8 Å². The van der Waals surface area contributed by atoms with E-state index < -0.39 is 11.6 Å². The van der Waals surface area contributed by atoms with E-state index in [4.69, 9.17) is 5.73 Å². The zero-order valence-electron chi connectivity index (χ0n) is 12.3. The highest BCUT2D eigenvalue weighted by atomic mass is 19.1. The number of hydrogen-bond donors (Lipinski definition) is 1. The molecule has 0 amide bonds. The molecule has 0 saturated heterocycles. The van der Waals surface area contributed by atoms with E-state index in [-0.39, 0.29) is 11.5 Å². The topological polar surface area (TPSA) is 43.8 Å². The van der Waals surface area contributed by atoms with Crippen LogP contribution in [-0.2, 0) is 6.54 Å². The minimum atomic E-state index is -0.651. The molecule has 21 heavy (non-hydrogen) atoms. The molecule has 2 atom stereocenters. The molecule has 0 spiro atoms. The van der Waals surface area contributed by atoms with Gasteiger partial charge in [0.15, 0.2) is 5.82 Å². The van der Waals surface area contributed by atoms with Gasteiger partial charge in [0, 0.05) is 18.7 Å². The summed E-state index contributed by atoms with van der Waals surface area (Å²) in [5.74, 6) is 0.465. The summed E-state index contributed by atoms with van der Waals surface area (Å²) in [6, 6.07) is 2.16. The lowest BCUT2D eigenvalue weighted by Gasteiger charge is -2.26. The summed E-state index contributed by atoms with van der Waals surface area (Å²) in [6.45, 7) is 2.96. The average molecular weight is 293 g/mol. The highest BCUT2D eigenvalue weighted by Crippen LogP contribution is 2.32. The molecule has 0 aliphatic heterocycles. The predicted octanol–water partition coefficient (Wildman–Crippen LogP) is 4.11. The molecule has 1 saturated carbocycles. The smallest absolute Gasteiger partial charge is 0.201 e. The number of halogens is 2. The van der Waals surface area contributed by atoms with E-state index in [1.165, 1.54) is 31.7 Å². The molecule has 114 valence electrons. The molecular weight excluding hydrogens is 272 g/mol. The molecule has 2 N–H and O–H groups in total. The van der Waals surface area contributed by atoms with Gasteiger partial charge in [0.1, 0.15) is 11.3 Å². The molecule has 1 aliphatic rings. The predicted molar refractivity (Wildman–Crippen MR) is 79.8 cm³/mol. The molecule has 1 aromatic carbocycles. The molecule has 2 unspecified atom stereocenters. The van der Waals surface area contributed by atoms with Crippen molar-refractivity contribution in [3.8, 4) is 0 Å². The molecule has 3 rings (SSSR count). The van der Waals surface area contributed by atoms with Gasteiger partial charge in [-0.1, -0.05) is 26.2 Å². The molecule has 2 aromatic rings. The van der Waals surface area contributed by atoms with Gasteiger partial charge in [-0.3, -0.25) is 0 Å². The summed E-state index contributed by atoms with van der Waals surface area (Å²) in [7, 11) is 0. The van der Waals surface area contributed by atoms with Crippen LogP contribution >= 0.6 is 0 Å². The van der Waals surface area contributed by atoms with E-state index in [0.717, 1.165) is 18.4 Å². The van der Waals surface area contributed by atoms with Crippen molar-refractivity contribution in [1.29, 1.82) is 0 Å². The third-order valence-corrected chi connectivity index (χ3v) is 4.61. The Morgan fingerprint density at radius 2 is 2.14 bits per heavy atom. The summed E-state index contributed by atoms with van der Waals surface area (Å²) < 4.78 is 28.9. The number of nitrogens with zero attached hydrogens (tertiary/aromatic N) is 2. The zero-order valence-corrected chi connectivity index (χ0v) is 12.3. The Kier molecular flexibility index (Phi) is 3.83. The first-order chi connectivity index (χ1) is 10.0. The number of fused-ring (bicyclic) bond motifs is 1. The largest absolute Gasteiger partial charge is 0.369 e. The first kappa shape index (κ1) is 14.3.